The van der Waals surface area contributed by atoms with Gasteiger partial charge in [-0.1, -0.05) is 0 Å². The van der Waals surface area contributed by atoms with Gasteiger partial charge in [0.05, 0.1) is 12.6 Å². The monoisotopic (exact) mass is 170 g/mol. The highest BCUT2D eigenvalue weighted by Crippen LogP contribution is 2.01. The molecule has 1 heterocycles. The van der Waals surface area contributed by atoms with Crippen molar-refractivity contribution in [1.82, 2.24) is 15.2 Å². The number of H-pyrrole nitrogens is 1. The fourth-order valence-corrected chi connectivity index (χ4v) is 0.824. The molecule has 1 rings (SSSR count). The van der Waals surface area contributed by atoms with E-state index in [2.05, 4.69) is 15.2 Å². The van der Waals surface area contributed by atoms with E-state index >= 15 is 0 Å². The van der Waals surface area contributed by atoms with E-state index in [1.54, 1.807) is 7.11 Å². The number of nitrogens with two attached hydrogens (primary N) is 1. The number of rotatable bonds is 4. The van der Waals surface area contributed by atoms with Gasteiger partial charge in [-0.3, -0.25) is 5.10 Å². The van der Waals surface area contributed by atoms with Crippen molar-refractivity contribution in [2.24, 2.45) is 5.73 Å². The van der Waals surface area contributed by atoms with Gasteiger partial charge in [-0.2, -0.15) is 5.10 Å². The van der Waals surface area contributed by atoms with Gasteiger partial charge < -0.3 is 10.5 Å². The summed E-state index contributed by atoms with van der Waals surface area (Å²) >= 11 is 0. The van der Waals surface area contributed by atoms with E-state index in [0.29, 0.717) is 12.4 Å². The minimum atomic E-state index is -0.113. The maximum atomic E-state index is 5.58. The second kappa shape index (κ2) is 4.18. The fraction of sp³-hybridized carbons (Fsp3) is 0.714. The van der Waals surface area contributed by atoms with E-state index in [0.717, 1.165) is 12.2 Å². The first-order valence-electron chi connectivity index (χ1n) is 3.89. The SMILES string of the molecule is COCCc1nc(C(C)N)n[nH]1. The molecule has 0 radical (unpaired) electrons. The van der Waals surface area contributed by atoms with Crippen LogP contribution in [0, 0.1) is 0 Å². The number of aromatic amines is 1. The minimum absolute atomic E-state index is 0.113. The Balaban J connectivity index is 2.52. The molecular formula is C7H14N4O. The van der Waals surface area contributed by atoms with Gasteiger partial charge in [-0.25, -0.2) is 4.98 Å². The highest BCUT2D eigenvalue weighted by molar-refractivity contribution is 4.94. The van der Waals surface area contributed by atoms with Gasteiger partial charge >= 0.3 is 0 Å². The maximum Gasteiger partial charge on any atom is 0.167 e. The smallest absolute Gasteiger partial charge is 0.167 e. The normalized spacial score (nSPS) is 13.2. The first-order chi connectivity index (χ1) is 5.74. The van der Waals surface area contributed by atoms with Crippen LogP contribution in [-0.4, -0.2) is 28.9 Å². The van der Waals surface area contributed by atoms with E-state index in [-0.39, 0.29) is 6.04 Å². The van der Waals surface area contributed by atoms with Gasteiger partial charge in [0.25, 0.3) is 0 Å². The molecule has 1 aromatic rings. The van der Waals surface area contributed by atoms with Crippen LogP contribution in [0.15, 0.2) is 0 Å². The molecule has 0 aromatic carbocycles. The second-order valence-electron chi connectivity index (χ2n) is 2.67. The largest absolute Gasteiger partial charge is 0.384 e. The van der Waals surface area contributed by atoms with Crippen LogP contribution < -0.4 is 5.73 Å². The first-order valence-corrected chi connectivity index (χ1v) is 3.89. The van der Waals surface area contributed by atoms with Gasteiger partial charge in [-0.05, 0) is 6.92 Å². The summed E-state index contributed by atoms with van der Waals surface area (Å²) in [5, 5.41) is 6.75. The molecule has 0 saturated heterocycles. The Morgan fingerprint density at radius 3 is 2.92 bits per heavy atom. The summed E-state index contributed by atoms with van der Waals surface area (Å²) in [4.78, 5) is 4.18. The molecule has 5 heteroatoms. The molecule has 0 aliphatic heterocycles. The Hall–Kier alpha value is -0.940. The number of nitrogens with one attached hydrogen (secondary N) is 1. The predicted molar refractivity (Wildman–Crippen MR) is 44.6 cm³/mol. The molecular weight excluding hydrogens is 156 g/mol. The average molecular weight is 170 g/mol. The molecule has 1 unspecified atom stereocenters. The molecule has 3 N–H and O–H groups in total. The number of ether oxygens (including phenoxy) is 1. The van der Waals surface area contributed by atoms with Crippen molar-refractivity contribution in [3.05, 3.63) is 11.6 Å². The fourth-order valence-electron chi connectivity index (χ4n) is 0.824. The predicted octanol–water partition coefficient (Wildman–Crippen LogP) is 0.0133. The van der Waals surface area contributed by atoms with Crippen molar-refractivity contribution in [1.29, 1.82) is 0 Å². The maximum absolute atomic E-state index is 5.58. The summed E-state index contributed by atoms with van der Waals surface area (Å²) in [7, 11) is 1.66. The van der Waals surface area contributed by atoms with Crippen LogP contribution in [0.1, 0.15) is 24.6 Å². The number of hydrogen-bond acceptors (Lipinski definition) is 4. The number of methoxy groups -OCH3 is 1. The Kier molecular flexibility index (Phi) is 3.19. The molecule has 1 atom stereocenters. The zero-order valence-corrected chi connectivity index (χ0v) is 7.37. The zero-order chi connectivity index (χ0) is 8.97. The van der Waals surface area contributed by atoms with Crippen molar-refractivity contribution in [2.75, 3.05) is 13.7 Å². The average Bonchev–Trinajstić information content (AvgIpc) is 2.48. The lowest BCUT2D eigenvalue weighted by molar-refractivity contribution is 0.200. The Morgan fingerprint density at radius 1 is 1.67 bits per heavy atom. The summed E-state index contributed by atoms with van der Waals surface area (Å²) in [5.74, 6) is 1.48. The van der Waals surface area contributed by atoms with Crippen LogP contribution in [0.4, 0.5) is 0 Å². The summed E-state index contributed by atoms with van der Waals surface area (Å²) in [6.07, 6.45) is 0.746. The molecule has 0 spiro atoms. The van der Waals surface area contributed by atoms with E-state index in [1.165, 1.54) is 0 Å². The number of aromatic nitrogens is 3. The lowest BCUT2D eigenvalue weighted by atomic mass is 10.3. The van der Waals surface area contributed by atoms with Crippen LogP contribution in [0.5, 0.6) is 0 Å². The van der Waals surface area contributed by atoms with E-state index < -0.39 is 0 Å². The summed E-state index contributed by atoms with van der Waals surface area (Å²) in [6.45, 7) is 2.50. The van der Waals surface area contributed by atoms with Crippen molar-refractivity contribution >= 4 is 0 Å². The topological polar surface area (TPSA) is 76.8 Å². The molecule has 0 aliphatic carbocycles. The van der Waals surface area contributed by atoms with Gasteiger partial charge in [0, 0.05) is 13.5 Å². The van der Waals surface area contributed by atoms with E-state index in [9.17, 15) is 0 Å². The molecule has 68 valence electrons. The van der Waals surface area contributed by atoms with Crippen molar-refractivity contribution in [2.45, 2.75) is 19.4 Å². The molecule has 0 amide bonds. The summed E-state index contributed by atoms with van der Waals surface area (Å²) in [5.41, 5.74) is 5.58. The van der Waals surface area contributed by atoms with Gasteiger partial charge in [0.1, 0.15) is 5.82 Å². The van der Waals surface area contributed by atoms with Gasteiger partial charge in [0.2, 0.25) is 0 Å². The Morgan fingerprint density at radius 2 is 2.42 bits per heavy atom. The van der Waals surface area contributed by atoms with Crippen molar-refractivity contribution in [3.63, 3.8) is 0 Å². The minimum Gasteiger partial charge on any atom is -0.384 e. The highest BCUT2D eigenvalue weighted by atomic mass is 16.5. The van der Waals surface area contributed by atoms with E-state index in [4.69, 9.17) is 10.5 Å². The molecule has 1 aromatic heterocycles. The quantitative estimate of drug-likeness (QED) is 0.667. The van der Waals surface area contributed by atoms with E-state index in [1.807, 2.05) is 6.92 Å². The highest BCUT2D eigenvalue weighted by Gasteiger charge is 2.05. The zero-order valence-electron chi connectivity index (χ0n) is 7.37. The molecule has 12 heavy (non-hydrogen) atoms. The lowest BCUT2D eigenvalue weighted by Crippen LogP contribution is -2.07. The van der Waals surface area contributed by atoms with Crippen LogP contribution in [0.25, 0.3) is 0 Å². The third-order valence-corrected chi connectivity index (χ3v) is 1.50. The first kappa shape index (κ1) is 9.15. The van der Waals surface area contributed by atoms with Crippen molar-refractivity contribution in [3.8, 4) is 0 Å². The lowest BCUT2D eigenvalue weighted by Gasteiger charge is -1.95. The van der Waals surface area contributed by atoms with Crippen LogP contribution in [-0.2, 0) is 11.2 Å². The van der Waals surface area contributed by atoms with Crippen LogP contribution in [0.3, 0.4) is 0 Å². The third kappa shape index (κ3) is 2.28. The Labute approximate surface area is 71.3 Å². The van der Waals surface area contributed by atoms with Gasteiger partial charge in [0.15, 0.2) is 5.82 Å². The van der Waals surface area contributed by atoms with Crippen LogP contribution in [0.2, 0.25) is 0 Å². The molecule has 0 aliphatic rings. The Bertz CT molecular complexity index is 233. The molecule has 0 saturated carbocycles. The summed E-state index contributed by atoms with van der Waals surface area (Å²) in [6, 6.07) is -0.113. The van der Waals surface area contributed by atoms with Crippen molar-refractivity contribution < 1.29 is 4.74 Å². The molecule has 0 fully saturated rings. The number of nitrogens with zero attached hydrogens (tertiary/aromatic N) is 2. The molecule has 5 nitrogen and oxygen atoms in total. The van der Waals surface area contributed by atoms with Gasteiger partial charge in [-0.15, -0.1) is 0 Å². The summed E-state index contributed by atoms with van der Waals surface area (Å²) < 4.78 is 4.90. The standard InChI is InChI=1S/C7H14N4O/c1-5(8)7-9-6(10-11-7)3-4-12-2/h5H,3-4,8H2,1-2H3,(H,9,10,11). The molecule has 0 bridgehead atoms. The third-order valence-electron chi connectivity index (χ3n) is 1.50. The second-order valence-corrected chi connectivity index (χ2v) is 2.67. The number of hydrogen-bond donors (Lipinski definition) is 2. The van der Waals surface area contributed by atoms with Crippen LogP contribution >= 0.6 is 0 Å².